The fourth-order valence-electron chi connectivity index (χ4n) is 2.59. The third-order valence-corrected chi connectivity index (χ3v) is 3.91. The zero-order valence-electron chi connectivity index (χ0n) is 11.8. The highest BCUT2D eigenvalue weighted by atomic mass is 16.2. The van der Waals surface area contributed by atoms with Crippen molar-refractivity contribution in [3.63, 3.8) is 0 Å². The molecule has 2 fully saturated rings. The molecule has 0 aromatic heterocycles. The Labute approximate surface area is 119 Å². The first-order valence-corrected chi connectivity index (χ1v) is 7.31. The van der Waals surface area contributed by atoms with Gasteiger partial charge in [-0.3, -0.25) is 14.5 Å². The van der Waals surface area contributed by atoms with Crippen molar-refractivity contribution in [2.24, 2.45) is 5.92 Å². The van der Waals surface area contributed by atoms with Crippen molar-refractivity contribution in [2.45, 2.75) is 45.2 Å². The SMILES string of the molecule is CC1CC(=O)N(c2ccc(CNC3CC3)cc2)C(=O)C1. The Morgan fingerprint density at radius 2 is 1.70 bits per heavy atom. The first kappa shape index (κ1) is 13.3. The first-order valence-electron chi connectivity index (χ1n) is 7.31. The van der Waals surface area contributed by atoms with Gasteiger partial charge in [0, 0.05) is 25.4 Å². The molecule has 1 saturated heterocycles. The van der Waals surface area contributed by atoms with E-state index in [9.17, 15) is 9.59 Å². The molecule has 4 nitrogen and oxygen atoms in total. The van der Waals surface area contributed by atoms with E-state index >= 15 is 0 Å². The van der Waals surface area contributed by atoms with Crippen LogP contribution >= 0.6 is 0 Å². The monoisotopic (exact) mass is 272 g/mol. The van der Waals surface area contributed by atoms with Gasteiger partial charge < -0.3 is 5.32 Å². The van der Waals surface area contributed by atoms with E-state index < -0.39 is 0 Å². The molecule has 0 bridgehead atoms. The second-order valence-corrected chi connectivity index (χ2v) is 5.96. The molecule has 1 saturated carbocycles. The van der Waals surface area contributed by atoms with E-state index in [2.05, 4.69) is 5.32 Å². The van der Waals surface area contributed by atoms with Crippen LogP contribution in [0, 0.1) is 5.92 Å². The average Bonchev–Trinajstić information content (AvgIpc) is 3.20. The van der Waals surface area contributed by atoms with Crippen LogP contribution in [0.5, 0.6) is 0 Å². The van der Waals surface area contributed by atoms with Gasteiger partial charge in [-0.05, 0) is 36.5 Å². The average molecular weight is 272 g/mol. The maximum Gasteiger partial charge on any atom is 0.234 e. The van der Waals surface area contributed by atoms with Crippen LogP contribution in [-0.4, -0.2) is 17.9 Å². The molecule has 0 atom stereocenters. The number of anilines is 1. The number of piperidine rings is 1. The molecule has 1 aromatic carbocycles. The second-order valence-electron chi connectivity index (χ2n) is 5.96. The Kier molecular flexibility index (Phi) is 3.57. The van der Waals surface area contributed by atoms with Crippen molar-refractivity contribution < 1.29 is 9.59 Å². The molecule has 106 valence electrons. The standard InChI is InChI=1S/C16H20N2O2/c1-11-8-15(19)18(16(20)9-11)14-6-2-12(3-7-14)10-17-13-4-5-13/h2-3,6-7,11,13,17H,4-5,8-10H2,1H3. The summed E-state index contributed by atoms with van der Waals surface area (Å²) in [6, 6.07) is 8.40. The third-order valence-electron chi connectivity index (χ3n) is 3.91. The minimum absolute atomic E-state index is 0.0856. The summed E-state index contributed by atoms with van der Waals surface area (Å²) in [5.74, 6) is -0.0107. The summed E-state index contributed by atoms with van der Waals surface area (Å²) in [5, 5.41) is 3.45. The van der Waals surface area contributed by atoms with Gasteiger partial charge in [0.15, 0.2) is 0 Å². The molecule has 20 heavy (non-hydrogen) atoms. The van der Waals surface area contributed by atoms with Gasteiger partial charge in [0.05, 0.1) is 5.69 Å². The molecule has 1 aliphatic heterocycles. The number of rotatable bonds is 4. The van der Waals surface area contributed by atoms with Crippen molar-refractivity contribution >= 4 is 17.5 Å². The molecular weight excluding hydrogens is 252 g/mol. The molecule has 1 heterocycles. The van der Waals surface area contributed by atoms with Crippen LogP contribution in [0.3, 0.4) is 0 Å². The van der Waals surface area contributed by atoms with Crippen molar-refractivity contribution in [2.75, 3.05) is 4.90 Å². The second kappa shape index (κ2) is 5.37. The fraction of sp³-hybridized carbons (Fsp3) is 0.500. The lowest BCUT2D eigenvalue weighted by Gasteiger charge is -2.28. The highest BCUT2D eigenvalue weighted by molar-refractivity contribution is 6.16. The van der Waals surface area contributed by atoms with Crippen LogP contribution in [0.25, 0.3) is 0 Å². The molecule has 1 N–H and O–H groups in total. The zero-order valence-corrected chi connectivity index (χ0v) is 11.8. The predicted octanol–water partition coefficient (Wildman–Crippen LogP) is 2.23. The Bertz CT molecular complexity index is 502. The summed E-state index contributed by atoms with van der Waals surface area (Å²) in [7, 11) is 0. The topological polar surface area (TPSA) is 49.4 Å². The quantitative estimate of drug-likeness (QED) is 0.855. The Morgan fingerprint density at radius 3 is 2.25 bits per heavy atom. The molecule has 0 spiro atoms. The largest absolute Gasteiger partial charge is 0.310 e. The number of nitrogens with zero attached hydrogens (tertiary/aromatic N) is 1. The lowest BCUT2D eigenvalue weighted by atomic mass is 9.97. The van der Waals surface area contributed by atoms with Crippen molar-refractivity contribution in [3.8, 4) is 0 Å². The summed E-state index contributed by atoms with van der Waals surface area (Å²) in [6.07, 6.45) is 3.45. The molecule has 1 aliphatic carbocycles. The van der Waals surface area contributed by atoms with Crippen LogP contribution in [0.15, 0.2) is 24.3 Å². The van der Waals surface area contributed by atoms with Crippen LogP contribution in [0.1, 0.15) is 38.2 Å². The molecular formula is C16H20N2O2. The van der Waals surface area contributed by atoms with E-state index in [1.54, 1.807) is 0 Å². The van der Waals surface area contributed by atoms with Crippen LogP contribution < -0.4 is 10.2 Å². The Balaban J connectivity index is 1.69. The lowest BCUT2D eigenvalue weighted by Crippen LogP contribution is -2.42. The number of amides is 2. The molecule has 2 amide bonds. The van der Waals surface area contributed by atoms with E-state index in [-0.39, 0.29) is 17.7 Å². The highest BCUT2D eigenvalue weighted by Gasteiger charge is 2.31. The van der Waals surface area contributed by atoms with Gasteiger partial charge in [0.2, 0.25) is 11.8 Å². The molecule has 0 unspecified atom stereocenters. The van der Waals surface area contributed by atoms with E-state index in [1.807, 2.05) is 31.2 Å². The van der Waals surface area contributed by atoms with Gasteiger partial charge in [-0.15, -0.1) is 0 Å². The normalized spacial score (nSPS) is 20.6. The van der Waals surface area contributed by atoms with Gasteiger partial charge in [-0.25, -0.2) is 0 Å². The summed E-state index contributed by atoms with van der Waals surface area (Å²) in [5.41, 5.74) is 1.88. The Hall–Kier alpha value is -1.68. The van der Waals surface area contributed by atoms with Crippen molar-refractivity contribution in [3.05, 3.63) is 29.8 Å². The fourth-order valence-corrected chi connectivity index (χ4v) is 2.59. The smallest absolute Gasteiger partial charge is 0.234 e. The maximum absolute atomic E-state index is 12.0. The number of hydrogen-bond acceptors (Lipinski definition) is 3. The van der Waals surface area contributed by atoms with E-state index in [1.165, 1.54) is 23.3 Å². The zero-order chi connectivity index (χ0) is 14.1. The number of benzene rings is 1. The predicted molar refractivity (Wildman–Crippen MR) is 77.2 cm³/mol. The summed E-state index contributed by atoms with van der Waals surface area (Å²) in [6.45, 7) is 2.80. The molecule has 1 aromatic rings. The van der Waals surface area contributed by atoms with Crippen LogP contribution in [0.4, 0.5) is 5.69 Å². The summed E-state index contributed by atoms with van der Waals surface area (Å²) in [4.78, 5) is 25.4. The van der Waals surface area contributed by atoms with Crippen LogP contribution in [0.2, 0.25) is 0 Å². The first-order chi connectivity index (χ1) is 9.63. The van der Waals surface area contributed by atoms with Crippen molar-refractivity contribution in [1.29, 1.82) is 0 Å². The van der Waals surface area contributed by atoms with Crippen LogP contribution in [-0.2, 0) is 16.1 Å². The minimum Gasteiger partial charge on any atom is -0.310 e. The molecule has 3 rings (SSSR count). The number of nitrogens with one attached hydrogen (secondary N) is 1. The number of carbonyl (C=O) groups excluding carboxylic acids is 2. The van der Waals surface area contributed by atoms with E-state index in [0.29, 0.717) is 24.6 Å². The van der Waals surface area contributed by atoms with Gasteiger partial charge in [-0.2, -0.15) is 0 Å². The minimum atomic E-state index is -0.0856. The van der Waals surface area contributed by atoms with Gasteiger partial charge in [0.1, 0.15) is 0 Å². The van der Waals surface area contributed by atoms with E-state index in [0.717, 1.165) is 6.54 Å². The third kappa shape index (κ3) is 2.90. The van der Waals surface area contributed by atoms with Gasteiger partial charge in [-0.1, -0.05) is 19.1 Å². The molecule has 4 heteroatoms. The number of carbonyl (C=O) groups is 2. The molecule has 2 aliphatic rings. The summed E-state index contributed by atoms with van der Waals surface area (Å²) >= 11 is 0. The van der Waals surface area contributed by atoms with Crippen molar-refractivity contribution in [1.82, 2.24) is 5.32 Å². The molecule has 0 radical (unpaired) electrons. The number of hydrogen-bond donors (Lipinski definition) is 1. The van der Waals surface area contributed by atoms with E-state index in [4.69, 9.17) is 0 Å². The maximum atomic E-state index is 12.0. The lowest BCUT2D eigenvalue weighted by molar-refractivity contribution is -0.130. The summed E-state index contributed by atoms with van der Waals surface area (Å²) < 4.78 is 0. The van der Waals surface area contributed by atoms with Gasteiger partial charge >= 0.3 is 0 Å². The highest BCUT2D eigenvalue weighted by Crippen LogP contribution is 2.25. The number of imide groups is 1. The van der Waals surface area contributed by atoms with Gasteiger partial charge in [0.25, 0.3) is 0 Å². The Morgan fingerprint density at radius 1 is 1.10 bits per heavy atom.